The standard InChI is InChI=1S/C14H28N2O2/c1-12(2)15-9-6-8-14(17)16(3)11-13-7-4-5-10-18-13/h12-13,15H,4-11H2,1-3H3. The predicted molar refractivity (Wildman–Crippen MR) is 73.6 cm³/mol. The lowest BCUT2D eigenvalue weighted by Gasteiger charge is -2.27. The van der Waals surface area contributed by atoms with Crippen molar-refractivity contribution in [3.05, 3.63) is 0 Å². The van der Waals surface area contributed by atoms with Crippen LogP contribution in [0.1, 0.15) is 46.0 Å². The van der Waals surface area contributed by atoms with Gasteiger partial charge in [0.05, 0.1) is 6.10 Å². The molecule has 1 aliphatic heterocycles. The first-order valence-electron chi connectivity index (χ1n) is 7.18. The van der Waals surface area contributed by atoms with Crippen molar-refractivity contribution in [2.45, 2.75) is 58.1 Å². The van der Waals surface area contributed by atoms with Crippen LogP contribution < -0.4 is 5.32 Å². The van der Waals surface area contributed by atoms with Crippen LogP contribution in [0.2, 0.25) is 0 Å². The number of carbonyl (C=O) groups excluding carboxylic acids is 1. The Morgan fingerprint density at radius 3 is 2.83 bits per heavy atom. The number of amides is 1. The second-order valence-electron chi connectivity index (χ2n) is 5.48. The third-order valence-electron chi connectivity index (χ3n) is 3.30. The van der Waals surface area contributed by atoms with Crippen molar-refractivity contribution in [2.75, 3.05) is 26.7 Å². The fourth-order valence-electron chi connectivity index (χ4n) is 2.18. The number of nitrogens with zero attached hydrogens (tertiary/aromatic N) is 1. The lowest BCUT2D eigenvalue weighted by Crippen LogP contribution is -2.37. The van der Waals surface area contributed by atoms with E-state index in [2.05, 4.69) is 19.2 Å². The van der Waals surface area contributed by atoms with Gasteiger partial charge in [-0.15, -0.1) is 0 Å². The maximum absolute atomic E-state index is 11.9. The van der Waals surface area contributed by atoms with Crippen molar-refractivity contribution in [3.8, 4) is 0 Å². The molecule has 1 amide bonds. The van der Waals surface area contributed by atoms with Gasteiger partial charge in [-0.3, -0.25) is 4.79 Å². The van der Waals surface area contributed by atoms with E-state index < -0.39 is 0 Å². The molecule has 0 radical (unpaired) electrons. The van der Waals surface area contributed by atoms with E-state index in [4.69, 9.17) is 4.74 Å². The molecule has 0 aliphatic carbocycles. The Kier molecular flexibility index (Phi) is 7.28. The van der Waals surface area contributed by atoms with Gasteiger partial charge in [-0.2, -0.15) is 0 Å². The smallest absolute Gasteiger partial charge is 0.222 e. The molecule has 4 heteroatoms. The van der Waals surface area contributed by atoms with Gasteiger partial charge in [0.1, 0.15) is 0 Å². The highest BCUT2D eigenvalue weighted by molar-refractivity contribution is 5.75. The summed E-state index contributed by atoms with van der Waals surface area (Å²) in [4.78, 5) is 13.7. The Hall–Kier alpha value is -0.610. The number of nitrogens with one attached hydrogen (secondary N) is 1. The molecule has 4 nitrogen and oxygen atoms in total. The monoisotopic (exact) mass is 256 g/mol. The van der Waals surface area contributed by atoms with Gasteiger partial charge in [-0.05, 0) is 32.2 Å². The van der Waals surface area contributed by atoms with E-state index in [0.29, 0.717) is 12.5 Å². The molecular weight excluding hydrogens is 228 g/mol. The van der Waals surface area contributed by atoms with Gasteiger partial charge in [0.25, 0.3) is 0 Å². The summed E-state index contributed by atoms with van der Waals surface area (Å²) in [5.74, 6) is 0.231. The van der Waals surface area contributed by atoms with Crippen LogP contribution in [0.15, 0.2) is 0 Å². The van der Waals surface area contributed by atoms with Crippen molar-refractivity contribution in [2.24, 2.45) is 0 Å². The average Bonchev–Trinajstić information content (AvgIpc) is 2.35. The minimum Gasteiger partial charge on any atom is -0.376 e. The second kappa shape index (κ2) is 8.48. The number of likely N-dealkylation sites (N-methyl/N-ethyl adjacent to an activating group) is 1. The van der Waals surface area contributed by atoms with E-state index in [0.717, 1.165) is 39.0 Å². The predicted octanol–water partition coefficient (Wildman–Crippen LogP) is 1.79. The summed E-state index contributed by atoms with van der Waals surface area (Å²) >= 11 is 0. The number of ether oxygens (including phenoxy) is 1. The van der Waals surface area contributed by atoms with E-state index in [1.54, 1.807) is 0 Å². The lowest BCUT2D eigenvalue weighted by atomic mass is 10.1. The molecule has 1 unspecified atom stereocenters. The largest absolute Gasteiger partial charge is 0.376 e. The lowest BCUT2D eigenvalue weighted by molar-refractivity contribution is -0.132. The third-order valence-corrected chi connectivity index (χ3v) is 3.30. The van der Waals surface area contributed by atoms with E-state index in [1.807, 2.05) is 11.9 Å². The molecular formula is C14H28N2O2. The number of hydrogen-bond donors (Lipinski definition) is 1. The Balaban J connectivity index is 2.11. The maximum atomic E-state index is 11.9. The van der Waals surface area contributed by atoms with Crippen LogP contribution in [0.5, 0.6) is 0 Å². The zero-order valence-corrected chi connectivity index (χ0v) is 12.1. The van der Waals surface area contributed by atoms with Gasteiger partial charge in [0.15, 0.2) is 0 Å². The molecule has 0 saturated carbocycles. The first-order chi connectivity index (χ1) is 8.59. The molecule has 1 aliphatic rings. The molecule has 0 aromatic heterocycles. The first-order valence-corrected chi connectivity index (χ1v) is 7.18. The van der Waals surface area contributed by atoms with Crippen LogP contribution in [-0.2, 0) is 9.53 Å². The van der Waals surface area contributed by atoms with Gasteiger partial charge in [-0.25, -0.2) is 0 Å². The summed E-state index contributed by atoms with van der Waals surface area (Å²) in [7, 11) is 1.89. The molecule has 1 rings (SSSR count). The van der Waals surface area contributed by atoms with Crippen LogP contribution >= 0.6 is 0 Å². The van der Waals surface area contributed by atoms with E-state index in [1.165, 1.54) is 6.42 Å². The highest BCUT2D eigenvalue weighted by Gasteiger charge is 2.18. The highest BCUT2D eigenvalue weighted by Crippen LogP contribution is 2.13. The maximum Gasteiger partial charge on any atom is 0.222 e. The molecule has 1 fully saturated rings. The van der Waals surface area contributed by atoms with Crippen LogP contribution in [0, 0.1) is 0 Å². The van der Waals surface area contributed by atoms with E-state index >= 15 is 0 Å². The number of hydrogen-bond acceptors (Lipinski definition) is 3. The van der Waals surface area contributed by atoms with E-state index in [9.17, 15) is 4.79 Å². The molecule has 0 bridgehead atoms. The van der Waals surface area contributed by atoms with Crippen LogP contribution in [-0.4, -0.2) is 49.7 Å². The highest BCUT2D eigenvalue weighted by atomic mass is 16.5. The van der Waals surface area contributed by atoms with Gasteiger partial charge in [0, 0.05) is 32.7 Å². The topological polar surface area (TPSA) is 41.6 Å². The summed E-state index contributed by atoms with van der Waals surface area (Å²) in [6.45, 7) is 6.75. The SMILES string of the molecule is CC(C)NCCCC(=O)N(C)CC1CCCCO1. The minimum absolute atomic E-state index is 0.231. The van der Waals surface area contributed by atoms with Gasteiger partial charge in [-0.1, -0.05) is 13.8 Å². The van der Waals surface area contributed by atoms with Crippen LogP contribution in [0.3, 0.4) is 0 Å². The number of rotatable bonds is 7. The second-order valence-corrected chi connectivity index (χ2v) is 5.48. The molecule has 1 saturated heterocycles. The van der Waals surface area contributed by atoms with Crippen LogP contribution in [0.4, 0.5) is 0 Å². The summed E-state index contributed by atoms with van der Waals surface area (Å²) in [6, 6.07) is 0.494. The molecule has 106 valence electrons. The summed E-state index contributed by atoms with van der Waals surface area (Å²) < 4.78 is 5.65. The third kappa shape index (κ3) is 6.36. The molecule has 0 spiro atoms. The molecule has 1 atom stereocenters. The van der Waals surface area contributed by atoms with Gasteiger partial charge < -0.3 is 15.0 Å². The molecule has 0 aromatic rings. The Labute approximate surface area is 111 Å². The number of carbonyl (C=O) groups is 1. The fourth-order valence-corrected chi connectivity index (χ4v) is 2.18. The van der Waals surface area contributed by atoms with E-state index in [-0.39, 0.29) is 12.0 Å². The van der Waals surface area contributed by atoms with Gasteiger partial charge >= 0.3 is 0 Å². The average molecular weight is 256 g/mol. The summed E-state index contributed by atoms with van der Waals surface area (Å²) in [5.41, 5.74) is 0. The quantitative estimate of drug-likeness (QED) is 0.706. The normalized spacial score (nSPS) is 20.1. The van der Waals surface area contributed by atoms with Crippen molar-refractivity contribution in [1.82, 2.24) is 10.2 Å². The summed E-state index contributed by atoms with van der Waals surface area (Å²) in [5, 5.41) is 3.33. The van der Waals surface area contributed by atoms with Crippen molar-refractivity contribution < 1.29 is 9.53 Å². The molecule has 18 heavy (non-hydrogen) atoms. The molecule has 1 N–H and O–H groups in total. The Morgan fingerprint density at radius 1 is 1.44 bits per heavy atom. The minimum atomic E-state index is 0.231. The zero-order valence-electron chi connectivity index (χ0n) is 12.1. The zero-order chi connectivity index (χ0) is 13.4. The Morgan fingerprint density at radius 2 is 2.22 bits per heavy atom. The Bertz CT molecular complexity index is 238. The van der Waals surface area contributed by atoms with Crippen molar-refractivity contribution in [3.63, 3.8) is 0 Å². The van der Waals surface area contributed by atoms with Crippen molar-refractivity contribution >= 4 is 5.91 Å². The van der Waals surface area contributed by atoms with Gasteiger partial charge in [0.2, 0.25) is 5.91 Å². The first kappa shape index (κ1) is 15.4. The molecule has 0 aromatic carbocycles. The molecule has 1 heterocycles. The van der Waals surface area contributed by atoms with Crippen molar-refractivity contribution in [1.29, 1.82) is 0 Å². The fraction of sp³-hybridized carbons (Fsp3) is 0.929. The van der Waals surface area contributed by atoms with Crippen LogP contribution in [0.25, 0.3) is 0 Å². The summed E-state index contributed by atoms with van der Waals surface area (Å²) in [6.07, 6.45) is 5.27.